The van der Waals surface area contributed by atoms with Crippen molar-refractivity contribution in [3.63, 3.8) is 0 Å². The number of ether oxygens (including phenoxy) is 2. The highest BCUT2D eigenvalue weighted by Gasteiger charge is 2.13. The van der Waals surface area contributed by atoms with Crippen molar-refractivity contribution in [1.29, 1.82) is 0 Å². The lowest BCUT2D eigenvalue weighted by atomic mass is 10.1. The first-order chi connectivity index (χ1) is 7.70. The zero-order valence-corrected chi connectivity index (χ0v) is 10.3. The molecular formula is C13H21NO2. The number of hydrogen-bond acceptors (Lipinski definition) is 3. The largest absolute Gasteiger partial charge is 0.496 e. The molecule has 3 heteroatoms. The fraction of sp³-hybridized carbons (Fsp3) is 0.538. The molecular weight excluding hydrogens is 202 g/mol. The standard InChI is InChI=1S/C13H21NO2/c1-4-5-9-16-12-8-6-7-11(15-3)13(12)10(2)14/h6-8,10H,4-5,9,14H2,1-3H3. The highest BCUT2D eigenvalue weighted by Crippen LogP contribution is 2.32. The van der Waals surface area contributed by atoms with Crippen LogP contribution in [0.5, 0.6) is 11.5 Å². The van der Waals surface area contributed by atoms with Crippen LogP contribution in [0.4, 0.5) is 0 Å². The fourth-order valence-electron chi connectivity index (χ4n) is 1.60. The molecule has 90 valence electrons. The number of hydrogen-bond donors (Lipinski definition) is 1. The number of rotatable bonds is 6. The van der Waals surface area contributed by atoms with Crippen LogP contribution in [0.25, 0.3) is 0 Å². The van der Waals surface area contributed by atoms with Gasteiger partial charge in [-0.2, -0.15) is 0 Å². The highest BCUT2D eigenvalue weighted by molar-refractivity contribution is 5.46. The van der Waals surface area contributed by atoms with Crippen LogP contribution in [-0.4, -0.2) is 13.7 Å². The van der Waals surface area contributed by atoms with E-state index in [1.54, 1.807) is 7.11 Å². The van der Waals surface area contributed by atoms with Crippen molar-refractivity contribution >= 4 is 0 Å². The smallest absolute Gasteiger partial charge is 0.127 e. The summed E-state index contributed by atoms with van der Waals surface area (Å²) in [7, 11) is 1.65. The SMILES string of the molecule is CCCCOc1cccc(OC)c1C(C)N. The van der Waals surface area contributed by atoms with Crippen LogP contribution in [0.3, 0.4) is 0 Å². The molecule has 1 aromatic carbocycles. The summed E-state index contributed by atoms with van der Waals surface area (Å²) >= 11 is 0. The summed E-state index contributed by atoms with van der Waals surface area (Å²) in [5.74, 6) is 1.63. The van der Waals surface area contributed by atoms with Gasteiger partial charge in [-0.3, -0.25) is 0 Å². The van der Waals surface area contributed by atoms with Gasteiger partial charge in [-0.15, -0.1) is 0 Å². The van der Waals surface area contributed by atoms with Crippen molar-refractivity contribution in [3.05, 3.63) is 23.8 Å². The van der Waals surface area contributed by atoms with Crippen LogP contribution in [-0.2, 0) is 0 Å². The Morgan fingerprint density at radius 3 is 2.56 bits per heavy atom. The number of unbranched alkanes of at least 4 members (excludes halogenated alkanes) is 1. The molecule has 16 heavy (non-hydrogen) atoms. The molecule has 1 atom stereocenters. The van der Waals surface area contributed by atoms with Gasteiger partial charge in [0.1, 0.15) is 11.5 Å². The average molecular weight is 223 g/mol. The molecule has 0 bridgehead atoms. The van der Waals surface area contributed by atoms with E-state index in [1.165, 1.54) is 0 Å². The Hall–Kier alpha value is -1.22. The first-order valence-electron chi connectivity index (χ1n) is 5.76. The minimum absolute atomic E-state index is 0.0900. The fourth-order valence-corrected chi connectivity index (χ4v) is 1.60. The topological polar surface area (TPSA) is 44.5 Å². The lowest BCUT2D eigenvalue weighted by Gasteiger charge is -2.17. The van der Waals surface area contributed by atoms with E-state index in [9.17, 15) is 0 Å². The highest BCUT2D eigenvalue weighted by atomic mass is 16.5. The van der Waals surface area contributed by atoms with Gasteiger partial charge < -0.3 is 15.2 Å². The van der Waals surface area contributed by atoms with Gasteiger partial charge in [-0.1, -0.05) is 19.4 Å². The van der Waals surface area contributed by atoms with Gasteiger partial charge in [0, 0.05) is 6.04 Å². The Kier molecular flexibility index (Phi) is 5.12. The molecule has 0 saturated carbocycles. The van der Waals surface area contributed by atoms with E-state index in [0.29, 0.717) is 0 Å². The van der Waals surface area contributed by atoms with Crippen LogP contribution in [0, 0.1) is 0 Å². The summed E-state index contributed by atoms with van der Waals surface area (Å²) in [4.78, 5) is 0. The van der Waals surface area contributed by atoms with Gasteiger partial charge in [0.2, 0.25) is 0 Å². The molecule has 0 spiro atoms. The monoisotopic (exact) mass is 223 g/mol. The first-order valence-corrected chi connectivity index (χ1v) is 5.76. The van der Waals surface area contributed by atoms with Crippen molar-refractivity contribution in [3.8, 4) is 11.5 Å². The second kappa shape index (κ2) is 6.38. The van der Waals surface area contributed by atoms with Crippen molar-refractivity contribution < 1.29 is 9.47 Å². The van der Waals surface area contributed by atoms with E-state index in [1.807, 2.05) is 25.1 Å². The maximum atomic E-state index is 5.94. The van der Waals surface area contributed by atoms with Crippen LogP contribution in [0.15, 0.2) is 18.2 Å². The molecule has 1 aromatic rings. The van der Waals surface area contributed by atoms with E-state index in [2.05, 4.69) is 6.92 Å². The number of benzene rings is 1. The van der Waals surface area contributed by atoms with Gasteiger partial charge in [-0.05, 0) is 25.5 Å². The van der Waals surface area contributed by atoms with Gasteiger partial charge in [0.25, 0.3) is 0 Å². The zero-order valence-electron chi connectivity index (χ0n) is 10.3. The summed E-state index contributed by atoms with van der Waals surface area (Å²) in [6.45, 7) is 4.80. The molecule has 0 aliphatic rings. The van der Waals surface area contributed by atoms with Crippen LogP contribution >= 0.6 is 0 Å². The predicted molar refractivity (Wildman–Crippen MR) is 66.0 cm³/mol. The minimum Gasteiger partial charge on any atom is -0.496 e. The summed E-state index contributed by atoms with van der Waals surface area (Å²) in [5, 5.41) is 0. The van der Waals surface area contributed by atoms with Crippen molar-refractivity contribution in [2.75, 3.05) is 13.7 Å². The second-order valence-corrected chi connectivity index (χ2v) is 3.86. The zero-order chi connectivity index (χ0) is 12.0. The minimum atomic E-state index is -0.0900. The molecule has 3 nitrogen and oxygen atoms in total. The molecule has 0 saturated heterocycles. The summed E-state index contributed by atoms with van der Waals surface area (Å²) < 4.78 is 11.0. The normalized spacial score (nSPS) is 12.2. The predicted octanol–water partition coefficient (Wildman–Crippen LogP) is 2.89. The van der Waals surface area contributed by atoms with Gasteiger partial charge in [-0.25, -0.2) is 0 Å². The van der Waals surface area contributed by atoms with E-state index in [4.69, 9.17) is 15.2 Å². The van der Waals surface area contributed by atoms with E-state index < -0.39 is 0 Å². The molecule has 2 N–H and O–H groups in total. The molecule has 1 unspecified atom stereocenters. The quantitative estimate of drug-likeness (QED) is 0.754. The van der Waals surface area contributed by atoms with E-state index in [-0.39, 0.29) is 6.04 Å². The molecule has 0 amide bonds. The third-order valence-electron chi connectivity index (χ3n) is 2.46. The Labute approximate surface area is 97.6 Å². The van der Waals surface area contributed by atoms with Crippen LogP contribution in [0.1, 0.15) is 38.3 Å². The summed E-state index contributed by atoms with van der Waals surface area (Å²) in [6.07, 6.45) is 2.17. The van der Waals surface area contributed by atoms with Crippen molar-refractivity contribution in [2.45, 2.75) is 32.7 Å². The maximum absolute atomic E-state index is 5.94. The molecule has 0 radical (unpaired) electrons. The Balaban J connectivity index is 2.89. The Bertz CT molecular complexity index is 324. The third kappa shape index (κ3) is 3.14. The Morgan fingerprint density at radius 1 is 1.31 bits per heavy atom. The average Bonchev–Trinajstić information content (AvgIpc) is 2.28. The molecule has 0 aliphatic heterocycles. The summed E-state index contributed by atoms with van der Waals surface area (Å²) in [5.41, 5.74) is 6.88. The Morgan fingerprint density at radius 2 is 2.00 bits per heavy atom. The van der Waals surface area contributed by atoms with E-state index >= 15 is 0 Å². The molecule has 0 fully saturated rings. The third-order valence-corrected chi connectivity index (χ3v) is 2.46. The van der Waals surface area contributed by atoms with Crippen LogP contribution < -0.4 is 15.2 Å². The molecule has 1 rings (SSSR count). The second-order valence-electron chi connectivity index (χ2n) is 3.86. The molecule has 0 aliphatic carbocycles. The summed E-state index contributed by atoms with van der Waals surface area (Å²) in [6, 6.07) is 5.68. The maximum Gasteiger partial charge on any atom is 0.127 e. The lowest BCUT2D eigenvalue weighted by Crippen LogP contribution is -2.10. The van der Waals surface area contributed by atoms with Crippen molar-refractivity contribution in [1.82, 2.24) is 0 Å². The van der Waals surface area contributed by atoms with Crippen LogP contribution in [0.2, 0.25) is 0 Å². The van der Waals surface area contributed by atoms with Gasteiger partial charge in [0.05, 0.1) is 19.3 Å². The molecule has 0 heterocycles. The number of methoxy groups -OCH3 is 1. The lowest BCUT2D eigenvalue weighted by molar-refractivity contribution is 0.301. The first kappa shape index (κ1) is 12.8. The van der Waals surface area contributed by atoms with E-state index in [0.717, 1.165) is 36.5 Å². The van der Waals surface area contributed by atoms with Crippen molar-refractivity contribution in [2.24, 2.45) is 5.73 Å². The van der Waals surface area contributed by atoms with Gasteiger partial charge in [0.15, 0.2) is 0 Å². The van der Waals surface area contributed by atoms with Gasteiger partial charge >= 0.3 is 0 Å². The molecule has 0 aromatic heterocycles. The number of nitrogens with two attached hydrogens (primary N) is 1.